The number of esters is 1. The maximum Gasteiger partial charge on any atom is 0.339 e. The molecule has 0 aliphatic heterocycles. The lowest BCUT2D eigenvalue weighted by Crippen LogP contribution is -2.05. The lowest BCUT2D eigenvalue weighted by molar-refractivity contribution is 0.0525. The topological polar surface area (TPSA) is 38.8 Å². The molecule has 4 nitrogen and oxygen atoms in total. The third kappa shape index (κ3) is 4.75. The Morgan fingerprint density at radius 3 is 2.88 bits per heavy atom. The Bertz CT molecular complexity index is 403. The molecule has 1 aromatic rings. The SMILES string of the molecule is CCOC(=O)c1cc(OSN(C)Cl)ccc1Br. The van der Waals surface area contributed by atoms with Crippen LogP contribution in [0.2, 0.25) is 0 Å². The molecule has 17 heavy (non-hydrogen) atoms. The van der Waals surface area contributed by atoms with Crippen LogP contribution >= 0.6 is 39.9 Å². The van der Waals surface area contributed by atoms with Gasteiger partial charge in [-0.15, -0.1) is 3.82 Å². The van der Waals surface area contributed by atoms with Gasteiger partial charge in [0.2, 0.25) is 0 Å². The zero-order chi connectivity index (χ0) is 12.8. The monoisotopic (exact) mass is 339 g/mol. The number of benzene rings is 1. The zero-order valence-electron chi connectivity index (χ0n) is 9.28. The van der Waals surface area contributed by atoms with Crippen LogP contribution in [0.25, 0.3) is 0 Å². The molecule has 0 amide bonds. The molecule has 0 atom stereocenters. The summed E-state index contributed by atoms with van der Waals surface area (Å²) in [6.45, 7) is 2.08. The molecule has 1 aromatic carbocycles. The second-order valence-electron chi connectivity index (χ2n) is 2.94. The highest BCUT2D eigenvalue weighted by molar-refractivity contribution is 9.10. The van der Waals surface area contributed by atoms with Crippen molar-refractivity contribution in [3.05, 3.63) is 28.2 Å². The van der Waals surface area contributed by atoms with Crippen molar-refractivity contribution in [1.29, 1.82) is 0 Å². The summed E-state index contributed by atoms with van der Waals surface area (Å²) in [5, 5.41) is 0. The first-order valence-electron chi connectivity index (χ1n) is 4.75. The molecular formula is C10H11BrClNO3S. The van der Waals surface area contributed by atoms with Gasteiger partial charge in [0, 0.05) is 11.5 Å². The highest BCUT2D eigenvalue weighted by Gasteiger charge is 2.12. The summed E-state index contributed by atoms with van der Waals surface area (Å²) in [5.41, 5.74) is 0.419. The smallest absolute Gasteiger partial charge is 0.339 e. The molecule has 0 aliphatic carbocycles. The molecular weight excluding hydrogens is 330 g/mol. The Kier molecular flexibility index (Phi) is 6.11. The van der Waals surface area contributed by atoms with E-state index < -0.39 is 5.97 Å². The minimum atomic E-state index is -0.394. The second kappa shape index (κ2) is 7.10. The molecule has 0 aliphatic rings. The highest BCUT2D eigenvalue weighted by atomic mass is 79.9. The van der Waals surface area contributed by atoms with Crippen LogP contribution in [0, 0.1) is 0 Å². The molecule has 0 bridgehead atoms. The van der Waals surface area contributed by atoms with Gasteiger partial charge in [0.25, 0.3) is 0 Å². The maximum atomic E-state index is 11.6. The van der Waals surface area contributed by atoms with Crippen LogP contribution in [0.3, 0.4) is 0 Å². The van der Waals surface area contributed by atoms with Crippen molar-refractivity contribution < 1.29 is 13.7 Å². The minimum absolute atomic E-state index is 0.329. The first-order valence-corrected chi connectivity index (χ1v) is 6.58. The van der Waals surface area contributed by atoms with Crippen molar-refractivity contribution in [2.75, 3.05) is 13.7 Å². The normalized spacial score (nSPS) is 10.4. The van der Waals surface area contributed by atoms with Gasteiger partial charge in [-0.2, -0.15) is 0 Å². The molecule has 0 fully saturated rings. The fraction of sp³-hybridized carbons (Fsp3) is 0.300. The van der Waals surface area contributed by atoms with Gasteiger partial charge in [0.15, 0.2) is 12.2 Å². The number of carbonyl (C=O) groups is 1. The van der Waals surface area contributed by atoms with Crippen molar-refractivity contribution in [1.82, 2.24) is 3.82 Å². The summed E-state index contributed by atoms with van der Waals surface area (Å²) in [7, 11) is 1.64. The number of ether oxygens (including phenoxy) is 1. The van der Waals surface area contributed by atoms with Gasteiger partial charge in [-0.05, 0) is 52.8 Å². The number of carbonyl (C=O) groups excluding carboxylic acids is 1. The average Bonchev–Trinajstić information content (AvgIpc) is 2.28. The van der Waals surface area contributed by atoms with Crippen molar-refractivity contribution in [2.45, 2.75) is 6.92 Å². The number of hydrogen-bond donors (Lipinski definition) is 0. The molecule has 0 saturated carbocycles. The van der Waals surface area contributed by atoms with E-state index in [9.17, 15) is 4.79 Å². The zero-order valence-corrected chi connectivity index (χ0v) is 12.4. The highest BCUT2D eigenvalue weighted by Crippen LogP contribution is 2.26. The van der Waals surface area contributed by atoms with E-state index in [2.05, 4.69) is 15.9 Å². The summed E-state index contributed by atoms with van der Waals surface area (Å²) in [6, 6.07) is 5.03. The molecule has 0 unspecified atom stereocenters. The van der Waals surface area contributed by atoms with E-state index in [1.54, 1.807) is 32.2 Å². The van der Waals surface area contributed by atoms with Gasteiger partial charge in [-0.3, -0.25) is 0 Å². The average molecular weight is 341 g/mol. The quantitative estimate of drug-likeness (QED) is 0.354. The predicted octanol–water partition coefficient (Wildman–Crippen LogP) is 3.65. The molecule has 0 spiro atoms. The number of hydrogen-bond acceptors (Lipinski definition) is 5. The van der Waals surface area contributed by atoms with Gasteiger partial charge < -0.3 is 8.92 Å². The molecule has 0 aromatic heterocycles. The van der Waals surface area contributed by atoms with Crippen molar-refractivity contribution >= 4 is 45.9 Å². The third-order valence-electron chi connectivity index (χ3n) is 1.67. The fourth-order valence-corrected chi connectivity index (χ4v) is 1.80. The summed E-state index contributed by atoms with van der Waals surface area (Å²) in [4.78, 5) is 11.6. The lowest BCUT2D eigenvalue weighted by atomic mass is 10.2. The summed E-state index contributed by atoms with van der Waals surface area (Å²) >= 11 is 9.82. The predicted molar refractivity (Wildman–Crippen MR) is 71.9 cm³/mol. The number of rotatable bonds is 5. The maximum absolute atomic E-state index is 11.6. The largest absolute Gasteiger partial charge is 0.462 e. The Morgan fingerprint density at radius 2 is 2.29 bits per heavy atom. The first-order chi connectivity index (χ1) is 8.04. The lowest BCUT2D eigenvalue weighted by Gasteiger charge is -2.09. The molecule has 0 N–H and O–H groups in total. The molecule has 0 radical (unpaired) electrons. The van der Waals surface area contributed by atoms with Crippen LogP contribution in [-0.4, -0.2) is 23.4 Å². The van der Waals surface area contributed by atoms with Crippen LogP contribution in [0.5, 0.6) is 5.75 Å². The van der Waals surface area contributed by atoms with E-state index in [1.165, 1.54) is 3.82 Å². The molecule has 0 saturated heterocycles. The fourth-order valence-electron chi connectivity index (χ4n) is 1.02. The van der Waals surface area contributed by atoms with E-state index in [4.69, 9.17) is 20.7 Å². The van der Waals surface area contributed by atoms with Crippen LogP contribution in [-0.2, 0) is 4.74 Å². The third-order valence-corrected chi connectivity index (χ3v) is 3.00. The van der Waals surface area contributed by atoms with Gasteiger partial charge in [-0.25, -0.2) is 4.79 Å². The molecule has 94 valence electrons. The van der Waals surface area contributed by atoms with E-state index >= 15 is 0 Å². The Morgan fingerprint density at radius 1 is 1.59 bits per heavy atom. The van der Waals surface area contributed by atoms with Gasteiger partial charge in [0.05, 0.1) is 12.2 Å². The van der Waals surface area contributed by atoms with E-state index in [0.717, 1.165) is 12.2 Å². The van der Waals surface area contributed by atoms with E-state index in [0.29, 0.717) is 22.4 Å². The van der Waals surface area contributed by atoms with Crippen molar-refractivity contribution in [3.63, 3.8) is 0 Å². The second-order valence-corrected chi connectivity index (χ2v) is 5.37. The Balaban J connectivity index is 2.82. The Labute approximate surface area is 118 Å². The summed E-state index contributed by atoms with van der Waals surface area (Å²) in [6.07, 6.45) is 0. The summed E-state index contributed by atoms with van der Waals surface area (Å²) in [5.74, 6) is 0.128. The van der Waals surface area contributed by atoms with Gasteiger partial charge >= 0.3 is 5.97 Å². The van der Waals surface area contributed by atoms with Crippen LogP contribution in [0.4, 0.5) is 0 Å². The molecule has 1 rings (SSSR count). The number of halogens is 2. The van der Waals surface area contributed by atoms with Crippen molar-refractivity contribution in [2.24, 2.45) is 0 Å². The first kappa shape index (κ1) is 14.6. The Hall–Kier alpha value is -0.430. The van der Waals surface area contributed by atoms with Crippen LogP contribution in [0.15, 0.2) is 22.7 Å². The van der Waals surface area contributed by atoms with Gasteiger partial charge in [-0.1, -0.05) is 0 Å². The molecule has 0 heterocycles. The van der Waals surface area contributed by atoms with E-state index in [1.807, 2.05) is 0 Å². The van der Waals surface area contributed by atoms with E-state index in [-0.39, 0.29) is 0 Å². The standard InChI is InChI=1S/C10H11BrClNO3S/c1-3-15-10(14)8-6-7(4-5-9(8)11)16-17-13(2)12/h4-6H,3H2,1-2H3. The summed E-state index contributed by atoms with van der Waals surface area (Å²) < 4.78 is 12.1. The minimum Gasteiger partial charge on any atom is -0.462 e. The van der Waals surface area contributed by atoms with Crippen LogP contribution < -0.4 is 4.18 Å². The van der Waals surface area contributed by atoms with Gasteiger partial charge in [0.1, 0.15) is 5.75 Å². The molecule has 7 heteroatoms. The van der Waals surface area contributed by atoms with Crippen LogP contribution in [0.1, 0.15) is 17.3 Å². The number of nitrogens with zero attached hydrogens (tertiary/aromatic N) is 1. The van der Waals surface area contributed by atoms with Crippen molar-refractivity contribution in [3.8, 4) is 5.75 Å².